The average molecular weight is 592 g/mol. The molecule has 0 atom stereocenters. The van der Waals surface area contributed by atoms with Crippen molar-refractivity contribution in [2.45, 2.75) is 12.8 Å². The number of ether oxygens (including phenoxy) is 8. The van der Waals surface area contributed by atoms with Crippen molar-refractivity contribution < 1.29 is 57.1 Å². The number of rotatable bonds is 30. The zero-order chi connectivity index (χ0) is 29.8. The standard InChI is InChI=1S/C26H45N3O12/c27-23(30)4-7-34-9-11-36-13-15-38-17-19-40-21-22-41-20-18-39-16-14-37-12-10-35-8-5-28-24(31)3-6-29-25(32)1-2-26(29)33/h1-2H,3-22H2,(H2,27,30)(H,28,31). The summed E-state index contributed by atoms with van der Waals surface area (Å²) in [5.41, 5.74) is 5.00. The summed E-state index contributed by atoms with van der Waals surface area (Å²) >= 11 is 0. The largest absolute Gasteiger partial charge is 0.379 e. The van der Waals surface area contributed by atoms with E-state index in [1.807, 2.05) is 0 Å². The van der Waals surface area contributed by atoms with E-state index in [0.717, 1.165) is 4.90 Å². The molecule has 0 saturated carbocycles. The molecular weight excluding hydrogens is 546 g/mol. The van der Waals surface area contributed by atoms with Gasteiger partial charge < -0.3 is 48.9 Å². The zero-order valence-corrected chi connectivity index (χ0v) is 23.7. The molecule has 3 N–H and O–H groups in total. The molecular formula is C26H45N3O12. The van der Waals surface area contributed by atoms with Crippen LogP contribution in [0.5, 0.6) is 0 Å². The number of hydrogen-bond acceptors (Lipinski definition) is 12. The highest BCUT2D eigenvalue weighted by Gasteiger charge is 2.23. The Balaban J connectivity index is 1.68. The molecule has 1 aliphatic heterocycles. The molecule has 0 bridgehead atoms. The predicted molar refractivity (Wildman–Crippen MR) is 144 cm³/mol. The molecule has 4 amide bonds. The van der Waals surface area contributed by atoms with E-state index < -0.39 is 11.8 Å². The van der Waals surface area contributed by atoms with Crippen LogP contribution in [-0.4, -0.2) is 147 Å². The maximum atomic E-state index is 11.8. The summed E-state index contributed by atoms with van der Waals surface area (Å²) in [5, 5.41) is 2.67. The molecule has 0 aromatic carbocycles. The first kappa shape index (κ1) is 36.5. The molecule has 1 aliphatic rings. The lowest BCUT2D eigenvalue weighted by molar-refractivity contribution is -0.137. The highest BCUT2D eigenvalue weighted by molar-refractivity contribution is 6.13. The van der Waals surface area contributed by atoms with Crippen LogP contribution in [0.15, 0.2) is 12.2 Å². The van der Waals surface area contributed by atoms with Gasteiger partial charge in [0.1, 0.15) is 0 Å². The Kier molecular flexibility index (Phi) is 23.5. The van der Waals surface area contributed by atoms with Gasteiger partial charge in [0.15, 0.2) is 0 Å². The quantitative estimate of drug-likeness (QED) is 0.0724. The fraction of sp³-hybridized carbons (Fsp3) is 0.769. The smallest absolute Gasteiger partial charge is 0.253 e. The number of nitrogens with zero attached hydrogens (tertiary/aromatic N) is 1. The molecule has 0 aliphatic carbocycles. The summed E-state index contributed by atoms with van der Waals surface area (Å²) < 4.78 is 42.9. The van der Waals surface area contributed by atoms with E-state index in [1.54, 1.807) is 0 Å². The van der Waals surface area contributed by atoms with Crippen molar-refractivity contribution in [3.05, 3.63) is 12.2 Å². The van der Waals surface area contributed by atoms with Crippen molar-refractivity contribution in [2.75, 3.05) is 119 Å². The summed E-state index contributed by atoms with van der Waals surface area (Å²) in [4.78, 5) is 46.1. The van der Waals surface area contributed by atoms with Gasteiger partial charge in [-0.25, -0.2) is 0 Å². The monoisotopic (exact) mass is 591 g/mol. The minimum atomic E-state index is -0.399. The first-order chi connectivity index (χ1) is 20.0. The Morgan fingerprint density at radius 2 is 0.902 bits per heavy atom. The van der Waals surface area contributed by atoms with Crippen molar-refractivity contribution in [2.24, 2.45) is 5.73 Å². The maximum Gasteiger partial charge on any atom is 0.253 e. The lowest BCUT2D eigenvalue weighted by Gasteiger charge is -2.13. The van der Waals surface area contributed by atoms with Gasteiger partial charge in [0.25, 0.3) is 11.8 Å². The van der Waals surface area contributed by atoms with Gasteiger partial charge in [0.2, 0.25) is 11.8 Å². The van der Waals surface area contributed by atoms with Crippen LogP contribution >= 0.6 is 0 Å². The molecule has 0 aromatic rings. The molecule has 0 unspecified atom stereocenters. The van der Waals surface area contributed by atoms with Crippen LogP contribution in [0.3, 0.4) is 0 Å². The van der Waals surface area contributed by atoms with Crippen LogP contribution < -0.4 is 11.1 Å². The van der Waals surface area contributed by atoms with Crippen molar-refractivity contribution in [1.29, 1.82) is 0 Å². The van der Waals surface area contributed by atoms with Crippen LogP contribution in [0.25, 0.3) is 0 Å². The topological polar surface area (TPSA) is 183 Å². The Hall–Kier alpha value is -2.50. The van der Waals surface area contributed by atoms with Crippen LogP contribution in [0, 0.1) is 0 Å². The molecule has 0 aromatic heterocycles. The van der Waals surface area contributed by atoms with Crippen LogP contribution in [0.1, 0.15) is 12.8 Å². The number of carbonyl (C=O) groups is 4. The highest BCUT2D eigenvalue weighted by atomic mass is 16.6. The average Bonchev–Trinajstić information content (AvgIpc) is 3.27. The lowest BCUT2D eigenvalue weighted by Crippen LogP contribution is -2.35. The van der Waals surface area contributed by atoms with Crippen molar-refractivity contribution >= 4 is 23.6 Å². The first-order valence-electron chi connectivity index (χ1n) is 13.7. The van der Waals surface area contributed by atoms with Gasteiger partial charge in [0.05, 0.1) is 106 Å². The summed E-state index contributed by atoms with van der Waals surface area (Å²) in [6.45, 7) is 7.23. The van der Waals surface area contributed by atoms with E-state index in [2.05, 4.69) is 5.32 Å². The van der Waals surface area contributed by atoms with Gasteiger partial charge in [0, 0.05) is 38.1 Å². The molecule has 0 radical (unpaired) electrons. The third kappa shape index (κ3) is 22.8. The molecule has 15 nitrogen and oxygen atoms in total. The van der Waals surface area contributed by atoms with E-state index in [4.69, 9.17) is 43.6 Å². The molecule has 236 valence electrons. The second-order valence-electron chi connectivity index (χ2n) is 8.38. The van der Waals surface area contributed by atoms with Crippen LogP contribution in [-0.2, 0) is 57.1 Å². The zero-order valence-electron chi connectivity index (χ0n) is 23.7. The summed E-state index contributed by atoms with van der Waals surface area (Å²) in [6, 6.07) is 0. The number of nitrogens with one attached hydrogen (secondary N) is 1. The van der Waals surface area contributed by atoms with Gasteiger partial charge in [-0.2, -0.15) is 0 Å². The van der Waals surface area contributed by atoms with Crippen molar-refractivity contribution in [3.8, 4) is 0 Å². The Morgan fingerprint density at radius 1 is 0.561 bits per heavy atom. The van der Waals surface area contributed by atoms with Gasteiger partial charge in [-0.1, -0.05) is 0 Å². The van der Waals surface area contributed by atoms with E-state index in [9.17, 15) is 19.2 Å². The van der Waals surface area contributed by atoms with Gasteiger partial charge in [-0.15, -0.1) is 0 Å². The summed E-state index contributed by atoms with van der Waals surface area (Å²) in [6.07, 6.45) is 2.64. The molecule has 1 heterocycles. The number of nitrogens with two attached hydrogens (primary N) is 1. The van der Waals surface area contributed by atoms with Crippen molar-refractivity contribution in [1.82, 2.24) is 10.2 Å². The van der Waals surface area contributed by atoms with E-state index in [0.29, 0.717) is 112 Å². The first-order valence-corrected chi connectivity index (χ1v) is 13.7. The van der Waals surface area contributed by atoms with Gasteiger partial charge in [-0.3, -0.25) is 24.1 Å². The lowest BCUT2D eigenvalue weighted by atomic mass is 10.3. The summed E-state index contributed by atoms with van der Waals surface area (Å²) in [5.74, 6) is -1.44. The van der Waals surface area contributed by atoms with Gasteiger partial charge >= 0.3 is 0 Å². The molecule has 41 heavy (non-hydrogen) atoms. The molecule has 15 heteroatoms. The summed E-state index contributed by atoms with van der Waals surface area (Å²) in [7, 11) is 0. The van der Waals surface area contributed by atoms with E-state index in [1.165, 1.54) is 12.2 Å². The molecule has 0 spiro atoms. The Labute approximate surface area is 240 Å². The SMILES string of the molecule is NC(=O)CCOCCOCCOCCOCCOCCOCCOCCOCCNC(=O)CCN1C(=O)C=CC1=O. The second-order valence-corrected chi connectivity index (χ2v) is 8.38. The predicted octanol–water partition coefficient (Wildman–Crippen LogP) is -1.57. The number of imide groups is 1. The third-order valence-corrected chi connectivity index (χ3v) is 5.13. The minimum Gasteiger partial charge on any atom is -0.379 e. The molecule has 0 saturated heterocycles. The number of carbonyl (C=O) groups excluding carboxylic acids is 4. The highest BCUT2D eigenvalue weighted by Crippen LogP contribution is 2.03. The van der Waals surface area contributed by atoms with Crippen LogP contribution in [0.2, 0.25) is 0 Å². The number of hydrogen-bond donors (Lipinski definition) is 2. The number of amides is 4. The fourth-order valence-electron chi connectivity index (χ4n) is 3.03. The minimum absolute atomic E-state index is 0.0513. The fourth-order valence-corrected chi connectivity index (χ4v) is 3.03. The van der Waals surface area contributed by atoms with E-state index in [-0.39, 0.29) is 31.2 Å². The van der Waals surface area contributed by atoms with E-state index >= 15 is 0 Å². The molecule has 0 fully saturated rings. The van der Waals surface area contributed by atoms with Gasteiger partial charge in [-0.05, 0) is 0 Å². The second kappa shape index (κ2) is 26.4. The third-order valence-electron chi connectivity index (χ3n) is 5.13. The van der Waals surface area contributed by atoms with Crippen LogP contribution in [0.4, 0.5) is 0 Å². The Morgan fingerprint density at radius 3 is 1.27 bits per heavy atom. The van der Waals surface area contributed by atoms with Crippen molar-refractivity contribution in [3.63, 3.8) is 0 Å². The Bertz CT molecular complexity index is 735. The normalized spacial score (nSPS) is 12.9. The maximum absolute atomic E-state index is 11.8. The molecule has 1 rings (SSSR count). The number of primary amides is 1.